The van der Waals surface area contributed by atoms with Crippen LogP contribution in [0.25, 0.3) is 21.5 Å². The van der Waals surface area contributed by atoms with E-state index < -0.39 is 0 Å². The molecule has 0 saturated heterocycles. The maximum Gasteiger partial charge on any atom is 0.128 e. The average molecular weight is 803 g/mol. The lowest BCUT2D eigenvalue weighted by molar-refractivity contribution is 0.304. The van der Waals surface area contributed by atoms with E-state index in [4.69, 9.17) is 19.5 Å². The number of nitrogens with zero attached hydrogens (tertiary/aromatic N) is 2. The van der Waals surface area contributed by atoms with Gasteiger partial charge in [-0.05, 0) is 108 Å². The third kappa shape index (κ3) is 12.6. The first-order chi connectivity index (χ1) is 29.4. The highest BCUT2D eigenvalue weighted by Gasteiger charge is 2.17. The van der Waals surface area contributed by atoms with Crippen molar-refractivity contribution in [2.75, 3.05) is 13.2 Å². The highest BCUT2D eigenvalue weighted by Crippen LogP contribution is 2.37. The van der Waals surface area contributed by atoms with Gasteiger partial charge in [-0.1, -0.05) is 139 Å². The van der Waals surface area contributed by atoms with Gasteiger partial charge in [0.15, 0.2) is 0 Å². The molecular weight excluding hydrogens is 741 g/mol. The zero-order valence-corrected chi connectivity index (χ0v) is 35.7. The van der Waals surface area contributed by atoms with Crippen LogP contribution < -0.4 is 9.47 Å². The summed E-state index contributed by atoms with van der Waals surface area (Å²) in [5, 5.41) is 27.4. The van der Waals surface area contributed by atoms with E-state index in [-0.39, 0.29) is 11.5 Å². The number of allylic oxidation sites excluding steroid dienone is 1. The number of aliphatic imine (C=N–C) groups is 2. The first-order valence-electron chi connectivity index (χ1n) is 22.1. The first-order valence-corrected chi connectivity index (χ1v) is 22.1. The Kier molecular flexibility index (Phi) is 16.8. The Labute approximate surface area is 357 Å². The van der Waals surface area contributed by atoms with Crippen molar-refractivity contribution in [2.45, 2.75) is 104 Å². The van der Waals surface area contributed by atoms with E-state index in [1.54, 1.807) is 12.4 Å². The molecule has 0 aliphatic heterocycles. The molecule has 0 heterocycles. The number of aromatic hydroxyl groups is 2. The summed E-state index contributed by atoms with van der Waals surface area (Å²) in [5.41, 5.74) is 5.21. The summed E-state index contributed by atoms with van der Waals surface area (Å²) < 4.78 is 11.9. The fourth-order valence-electron chi connectivity index (χ4n) is 7.68. The Balaban J connectivity index is 1.13. The van der Waals surface area contributed by atoms with E-state index in [1.807, 2.05) is 109 Å². The molecule has 0 aliphatic rings. The minimum atomic E-state index is 0.172. The van der Waals surface area contributed by atoms with Crippen molar-refractivity contribution in [2.24, 2.45) is 9.98 Å². The van der Waals surface area contributed by atoms with Crippen LogP contribution >= 0.6 is 0 Å². The van der Waals surface area contributed by atoms with Gasteiger partial charge in [-0.25, -0.2) is 0 Å². The van der Waals surface area contributed by atoms with E-state index in [2.05, 4.69) is 20.4 Å². The zero-order valence-electron chi connectivity index (χ0n) is 35.7. The van der Waals surface area contributed by atoms with Crippen molar-refractivity contribution in [3.8, 4) is 23.0 Å². The van der Waals surface area contributed by atoms with Crippen LogP contribution in [-0.2, 0) is 12.8 Å². The number of fused-ring (bicyclic) bond motifs is 2. The fourth-order valence-corrected chi connectivity index (χ4v) is 7.68. The number of benzene rings is 6. The highest BCUT2D eigenvalue weighted by atomic mass is 16.5. The Morgan fingerprint density at radius 2 is 0.900 bits per heavy atom. The minimum Gasteiger partial charge on any atom is -0.507 e. The summed E-state index contributed by atoms with van der Waals surface area (Å²) >= 11 is 0. The van der Waals surface area contributed by atoms with Gasteiger partial charge in [0.2, 0.25) is 0 Å². The molecule has 0 aliphatic carbocycles. The van der Waals surface area contributed by atoms with Gasteiger partial charge in [0.1, 0.15) is 23.0 Å². The molecule has 312 valence electrons. The van der Waals surface area contributed by atoms with Crippen LogP contribution in [0, 0.1) is 0 Å². The second-order valence-corrected chi connectivity index (χ2v) is 15.9. The van der Waals surface area contributed by atoms with Crippen LogP contribution in [0.2, 0.25) is 0 Å². The highest BCUT2D eigenvalue weighted by molar-refractivity contribution is 5.98. The van der Waals surface area contributed by atoms with Gasteiger partial charge in [-0.2, -0.15) is 0 Å². The number of phenols is 2. The molecule has 0 radical (unpaired) electrons. The van der Waals surface area contributed by atoms with Crippen LogP contribution in [0.3, 0.4) is 0 Å². The van der Waals surface area contributed by atoms with E-state index in [9.17, 15) is 10.2 Å². The van der Waals surface area contributed by atoms with E-state index >= 15 is 0 Å². The molecule has 6 rings (SSSR count). The first kappa shape index (κ1) is 43.7. The molecule has 6 aromatic rings. The minimum absolute atomic E-state index is 0.172. The number of hydrogen-bond acceptors (Lipinski definition) is 6. The Bertz CT molecular complexity index is 2180. The van der Waals surface area contributed by atoms with Crippen LogP contribution in [0.15, 0.2) is 131 Å². The van der Waals surface area contributed by atoms with Crippen molar-refractivity contribution < 1.29 is 19.7 Å². The monoisotopic (exact) mass is 802 g/mol. The Morgan fingerprint density at radius 3 is 1.32 bits per heavy atom. The largest absolute Gasteiger partial charge is 0.507 e. The smallest absolute Gasteiger partial charge is 0.128 e. The third-order valence-corrected chi connectivity index (χ3v) is 11.1. The van der Waals surface area contributed by atoms with Crippen LogP contribution in [0.1, 0.15) is 113 Å². The molecule has 0 bridgehead atoms. The van der Waals surface area contributed by atoms with Gasteiger partial charge < -0.3 is 19.7 Å². The molecule has 0 aromatic heterocycles. The van der Waals surface area contributed by atoms with Crippen LogP contribution in [0.4, 0.5) is 11.4 Å². The second kappa shape index (κ2) is 23.1. The average Bonchev–Trinajstić information content (AvgIpc) is 3.27. The summed E-state index contributed by atoms with van der Waals surface area (Å²) in [7, 11) is 0. The molecule has 0 spiro atoms. The van der Waals surface area contributed by atoms with Crippen molar-refractivity contribution in [3.63, 3.8) is 0 Å². The Morgan fingerprint density at radius 1 is 0.517 bits per heavy atom. The predicted molar refractivity (Wildman–Crippen MR) is 253 cm³/mol. The molecule has 6 heteroatoms. The number of ether oxygens (including phenoxy) is 2. The maximum atomic E-state index is 11.7. The van der Waals surface area contributed by atoms with Gasteiger partial charge in [-0.15, -0.1) is 0 Å². The molecule has 0 amide bonds. The van der Waals surface area contributed by atoms with Crippen molar-refractivity contribution >= 4 is 45.3 Å². The molecule has 0 saturated carbocycles. The SMILES string of the molecule is C=C(Cc1c(O)c(C=Nc2ccc(OCCCCCCCC)cc2)cc2ccccc12)Cc1c(O)c(C=Nc2ccc(OCCCCCCCC)cc2)cc2ccccc12. The van der Waals surface area contributed by atoms with Crippen molar-refractivity contribution in [1.29, 1.82) is 0 Å². The molecule has 2 N–H and O–H groups in total. The molecule has 0 fully saturated rings. The maximum absolute atomic E-state index is 11.7. The molecule has 6 nitrogen and oxygen atoms in total. The normalized spacial score (nSPS) is 11.6. The zero-order chi connectivity index (χ0) is 41.9. The molecule has 0 atom stereocenters. The van der Waals surface area contributed by atoms with Gasteiger partial charge in [0.25, 0.3) is 0 Å². The topological polar surface area (TPSA) is 83.6 Å². The Hall–Kier alpha value is -5.88. The summed E-state index contributed by atoms with van der Waals surface area (Å²) in [5.74, 6) is 2.02. The summed E-state index contributed by atoms with van der Waals surface area (Å²) in [6.07, 6.45) is 19.0. The summed E-state index contributed by atoms with van der Waals surface area (Å²) in [6, 6.07) is 35.6. The predicted octanol–water partition coefficient (Wildman–Crippen LogP) is 14.7. The van der Waals surface area contributed by atoms with E-state index in [1.165, 1.54) is 64.2 Å². The summed E-state index contributed by atoms with van der Waals surface area (Å²) in [6.45, 7) is 10.4. The lowest BCUT2D eigenvalue weighted by Gasteiger charge is -2.16. The lowest BCUT2D eigenvalue weighted by atomic mass is 9.90. The summed E-state index contributed by atoms with van der Waals surface area (Å²) in [4.78, 5) is 9.44. The van der Waals surface area contributed by atoms with E-state index in [0.717, 1.165) is 74.0 Å². The van der Waals surface area contributed by atoms with E-state index in [0.29, 0.717) is 37.2 Å². The molecule has 60 heavy (non-hydrogen) atoms. The second-order valence-electron chi connectivity index (χ2n) is 15.9. The van der Waals surface area contributed by atoms with Gasteiger partial charge in [-0.3, -0.25) is 9.98 Å². The van der Waals surface area contributed by atoms with Gasteiger partial charge in [0.05, 0.1) is 24.6 Å². The lowest BCUT2D eigenvalue weighted by Crippen LogP contribution is -2.00. The molecule has 0 unspecified atom stereocenters. The van der Waals surface area contributed by atoms with Gasteiger partial charge in [0, 0.05) is 34.7 Å². The van der Waals surface area contributed by atoms with Crippen LogP contribution in [0.5, 0.6) is 23.0 Å². The van der Waals surface area contributed by atoms with Crippen molar-refractivity contribution in [1.82, 2.24) is 0 Å². The number of unbranched alkanes of at least 4 members (excludes halogenated alkanes) is 10. The molecular formula is C54H62N2O4. The fraction of sp³-hybridized carbons (Fsp3) is 0.333. The number of rotatable bonds is 24. The van der Waals surface area contributed by atoms with Gasteiger partial charge >= 0.3 is 0 Å². The van der Waals surface area contributed by atoms with Crippen LogP contribution in [-0.4, -0.2) is 35.9 Å². The standard InChI is InChI=1S/C54H62N2O4/c1-4-6-8-10-12-18-32-59-47-28-24-45(25-29-47)55-38-43-36-41-20-14-16-22-49(41)51(53(43)57)34-40(3)35-52-50-23-17-15-21-42(50)37-44(54(52)58)39-56-46-26-30-48(31-27-46)60-33-19-13-11-9-7-5-2/h14-17,20-31,36-39,57-58H,3-13,18-19,32-35H2,1-2H3. The number of phenolic OH excluding ortho intramolecular Hbond substituents is 2. The number of hydrogen-bond donors (Lipinski definition) is 2. The third-order valence-electron chi connectivity index (χ3n) is 11.1. The van der Waals surface area contributed by atoms with Crippen molar-refractivity contribution in [3.05, 3.63) is 144 Å². The quantitative estimate of drug-likeness (QED) is 0.0363. The molecule has 6 aromatic carbocycles.